The van der Waals surface area contributed by atoms with E-state index in [-0.39, 0.29) is 29.4 Å². The van der Waals surface area contributed by atoms with Gasteiger partial charge in [0.2, 0.25) is 5.95 Å². The summed E-state index contributed by atoms with van der Waals surface area (Å²) in [6.45, 7) is 6.08. The van der Waals surface area contributed by atoms with E-state index in [1.54, 1.807) is 41.3 Å². The monoisotopic (exact) mass is 613 g/mol. The molecule has 2 aromatic carbocycles. The van der Waals surface area contributed by atoms with Crippen molar-refractivity contribution in [2.75, 3.05) is 49.6 Å². The van der Waals surface area contributed by atoms with E-state index in [4.69, 9.17) is 10.5 Å². The van der Waals surface area contributed by atoms with Crippen LogP contribution in [0.3, 0.4) is 0 Å². The number of hydrogen-bond donors (Lipinski definition) is 3. The molecule has 2 saturated heterocycles. The fraction of sp³-hybridized carbons (Fsp3) is 0.400. The number of nitrogens with zero attached hydrogens (tertiary/aromatic N) is 8. The third kappa shape index (κ3) is 6.67. The highest BCUT2D eigenvalue weighted by Gasteiger charge is 2.26. The second kappa shape index (κ2) is 13.2. The summed E-state index contributed by atoms with van der Waals surface area (Å²) in [5.74, 6) is -0.598. The molecule has 1 unspecified atom stereocenters. The van der Waals surface area contributed by atoms with Crippen LogP contribution >= 0.6 is 0 Å². The molecule has 0 spiro atoms. The molecule has 15 nitrogen and oxygen atoms in total. The first-order chi connectivity index (χ1) is 21.9. The minimum absolute atomic E-state index is 0.0688. The van der Waals surface area contributed by atoms with Gasteiger partial charge in [0.15, 0.2) is 11.5 Å². The number of primary amides is 1. The van der Waals surface area contributed by atoms with Crippen LogP contribution in [0.2, 0.25) is 0 Å². The highest BCUT2D eigenvalue weighted by atomic mass is 16.5. The summed E-state index contributed by atoms with van der Waals surface area (Å²) in [6, 6.07) is 12.1. The molecule has 0 saturated carbocycles. The molecule has 4 heterocycles. The van der Waals surface area contributed by atoms with E-state index >= 15 is 0 Å². The summed E-state index contributed by atoms with van der Waals surface area (Å²) in [6.07, 6.45) is 2.51. The number of hydrogen-bond acceptors (Lipinski definition) is 11. The molecule has 1 atom stereocenters. The highest BCUT2D eigenvalue weighted by molar-refractivity contribution is 5.98. The second-order valence-electron chi connectivity index (χ2n) is 11.1. The van der Waals surface area contributed by atoms with Gasteiger partial charge in [0, 0.05) is 55.6 Å². The number of piperidine rings is 1. The van der Waals surface area contributed by atoms with Gasteiger partial charge >= 0.3 is 0 Å². The van der Waals surface area contributed by atoms with Crippen LogP contribution in [-0.2, 0) is 11.3 Å². The van der Waals surface area contributed by atoms with Crippen LogP contribution in [0.1, 0.15) is 57.4 Å². The zero-order valence-electron chi connectivity index (χ0n) is 25.0. The average molecular weight is 614 g/mol. The minimum Gasteiger partial charge on any atom is -0.378 e. The van der Waals surface area contributed by atoms with E-state index in [0.717, 1.165) is 31.3 Å². The molecule has 3 amide bonds. The molecule has 2 fully saturated rings. The lowest BCUT2D eigenvalue weighted by Crippen LogP contribution is -2.48. The van der Waals surface area contributed by atoms with Crippen LogP contribution < -0.4 is 21.3 Å². The van der Waals surface area contributed by atoms with Crippen molar-refractivity contribution in [1.29, 1.82) is 0 Å². The van der Waals surface area contributed by atoms with Gasteiger partial charge in [-0.1, -0.05) is 12.1 Å². The summed E-state index contributed by atoms with van der Waals surface area (Å²) in [7, 11) is 0. The number of aromatic nitrogens is 6. The predicted octanol–water partition coefficient (Wildman–Crippen LogP) is 1.74. The van der Waals surface area contributed by atoms with Crippen LogP contribution in [0.25, 0.3) is 11.0 Å². The van der Waals surface area contributed by atoms with Gasteiger partial charge in [-0.3, -0.25) is 14.4 Å². The van der Waals surface area contributed by atoms with Gasteiger partial charge in [0.25, 0.3) is 17.7 Å². The molecule has 234 valence electrons. The van der Waals surface area contributed by atoms with E-state index < -0.39 is 5.91 Å². The summed E-state index contributed by atoms with van der Waals surface area (Å²) in [4.78, 5) is 46.4. The van der Waals surface area contributed by atoms with Gasteiger partial charge in [-0.15, -0.1) is 15.3 Å². The normalized spacial score (nSPS) is 16.9. The zero-order chi connectivity index (χ0) is 31.3. The first-order valence-electron chi connectivity index (χ1n) is 15.1. The van der Waals surface area contributed by atoms with E-state index in [9.17, 15) is 14.4 Å². The third-order valence-electron chi connectivity index (χ3n) is 7.85. The molecule has 2 aliphatic rings. The number of nitrogens with one attached hydrogen (secondary N) is 2. The number of anilines is 3. The minimum atomic E-state index is -0.779. The maximum Gasteiger partial charge on any atom is 0.273 e. The fourth-order valence-electron chi connectivity index (χ4n) is 5.52. The Balaban J connectivity index is 1.13. The second-order valence-corrected chi connectivity index (χ2v) is 11.1. The molecule has 4 aromatic rings. The number of ether oxygens (including phenoxy) is 1. The first kappa shape index (κ1) is 29.9. The molecule has 45 heavy (non-hydrogen) atoms. The van der Waals surface area contributed by atoms with Crippen molar-refractivity contribution in [3.8, 4) is 0 Å². The van der Waals surface area contributed by atoms with Crippen molar-refractivity contribution in [2.24, 2.45) is 5.73 Å². The van der Waals surface area contributed by atoms with Crippen LogP contribution in [0, 0.1) is 0 Å². The molecule has 6 rings (SSSR count). The van der Waals surface area contributed by atoms with Crippen molar-refractivity contribution in [3.05, 3.63) is 59.3 Å². The molecule has 0 radical (unpaired) electrons. The number of morpholine rings is 1. The number of nitrogens with two attached hydrogens (primary N) is 1. The van der Waals surface area contributed by atoms with Gasteiger partial charge in [-0.05, 0) is 61.7 Å². The van der Waals surface area contributed by atoms with Gasteiger partial charge in [0.1, 0.15) is 5.52 Å². The van der Waals surface area contributed by atoms with Crippen LogP contribution in [-0.4, -0.2) is 98.2 Å². The average Bonchev–Trinajstić information content (AvgIpc) is 3.47. The van der Waals surface area contributed by atoms with Crippen molar-refractivity contribution < 1.29 is 19.1 Å². The van der Waals surface area contributed by atoms with Gasteiger partial charge in [-0.25, -0.2) is 4.68 Å². The number of aryl methyl sites for hydroxylation is 1. The molecule has 2 aliphatic heterocycles. The van der Waals surface area contributed by atoms with Crippen LogP contribution in [0.4, 0.5) is 17.5 Å². The number of carbonyl (C=O) groups excluding carboxylic acids is 3. The van der Waals surface area contributed by atoms with Gasteiger partial charge in [-0.2, -0.15) is 4.98 Å². The molecule has 15 heteroatoms. The molecular formula is C30H35N11O4. The van der Waals surface area contributed by atoms with Crippen molar-refractivity contribution in [3.63, 3.8) is 0 Å². The maximum absolute atomic E-state index is 13.1. The van der Waals surface area contributed by atoms with E-state index in [1.807, 2.05) is 15.6 Å². The first-order valence-corrected chi connectivity index (χ1v) is 15.1. The molecule has 2 aromatic heterocycles. The van der Waals surface area contributed by atoms with Gasteiger partial charge in [0.05, 0.1) is 18.7 Å². The number of carbonyl (C=O) groups is 3. The lowest BCUT2D eigenvalue weighted by atomic mass is 10.1. The smallest absolute Gasteiger partial charge is 0.273 e. The standard InChI is InChI=1S/C30H35N11O4/c1-2-11-41-24-10-7-20(17-23(24)35-38-41)28(43)33-22-4-3-12-40(18-22)30-34-27(25(26(31)42)36-37-30)32-21-8-5-19(6-9-21)29(44)39-13-15-45-16-14-39/h5-10,17,22H,2-4,11-16,18H2,1H3,(H2,31,42)(H,33,43)(H,32,34,37). The zero-order valence-corrected chi connectivity index (χ0v) is 25.0. The Labute approximate surface area is 259 Å². The molecule has 0 aliphatic carbocycles. The Bertz CT molecular complexity index is 1700. The lowest BCUT2D eigenvalue weighted by Gasteiger charge is -2.33. The van der Waals surface area contributed by atoms with E-state index in [0.29, 0.717) is 67.7 Å². The Hall–Kier alpha value is -5.18. The molecule has 4 N–H and O–H groups in total. The maximum atomic E-state index is 13.1. The third-order valence-corrected chi connectivity index (χ3v) is 7.85. The van der Waals surface area contributed by atoms with Crippen molar-refractivity contribution in [1.82, 2.24) is 40.4 Å². The van der Waals surface area contributed by atoms with Crippen LogP contribution in [0.5, 0.6) is 0 Å². The van der Waals surface area contributed by atoms with E-state index in [1.165, 1.54) is 0 Å². The number of benzene rings is 2. The highest BCUT2D eigenvalue weighted by Crippen LogP contribution is 2.23. The summed E-state index contributed by atoms with van der Waals surface area (Å²) in [5.41, 5.74) is 8.68. The summed E-state index contributed by atoms with van der Waals surface area (Å²) < 4.78 is 7.16. The number of rotatable bonds is 9. The lowest BCUT2D eigenvalue weighted by molar-refractivity contribution is 0.0303. The SMILES string of the molecule is CCCn1nnc2cc(C(=O)NC3CCCN(c4nnc(C(N)=O)c(Nc5ccc(C(=O)N6CCOCC6)cc5)n4)C3)ccc21. The van der Waals surface area contributed by atoms with Crippen molar-refractivity contribution >= 4 is 46.2 Å². The topological polar surface area (TPSA) is 186 Å². The molecular weight excluding hydrogens is 578 g/mol. The van der Waals surface area contributed by atoms with E-state index in [2.05, 4.69) is 43.1 Å². The summed E-state index contributed by atoms with van der Waals surface area (Å²) >= 11 is 0. The van der Waals surface area contributed by atoms with Gasteiger partial charge < -0.3 is 30.9 Å². The summed E-state index contributed by atoms with van der Waals surface area (Å²) in [5, 5.41) is 22.8. The number of amides is 3. The predicted molar refractivity (Wildman–Crippen MR) is 165 cm³/mol. The Morgan fingerprint density at radius 3 is 2.53 bits per heavy atom. The largest absolute Gasteiger partial charge is 0.378 e. The Morgan fingerprint density at radius 1 is 1.00 bits per heavy atom. The van der Waals surface area contributed by atoms with Crippen molar-refractivity contribution in [2.45, 2.75) is 38.8 Å². The quantitative estimate of drug-likeness (QED) is 0.250. The van der Waals surface area contributed by atoms with Crippen LogP contribution in [0.15, 0.2) is 42.5 Å². The fourth-order valence-corrected chi connectivity index (χ4v) is 5.52. The molecule has 0 bridgehead atoms. The number of fused-ring (bicyclic) bond motifs is 1. The Morgan fingerprint density at radius 2 is 1.78 bits per heavy atom. The Kier molecular flexibility index (Phi) is 8.77.